The number of hydrogen-bond acceptors (Lipinski definition) is 9. The van der Waals surface area contributed by atoms with Crippen molar-refractivity contribution in [2.45, 2.75) is 6.18 Å². The van der Waals surface area contributed by atoms with Crippen LogP contribution >= 0.6 is 0 Å². The average Bonchev–Trinajstić information content (AvgIpc) is 2.84. The molecule has 3 aromatic rings. The van der Waals surface area contributed by atoms with Crippen LogP contribution in [-0.4, -0.2) is 66.2 Å². The summed E-state index contributed by atoms with van der Waals surface area (Å²) in [5.74, 6) is 0.852. The van der Waals surface area contributed by atoms with E-state index in [-0.39, 0.29) is 11.8 Å². The molecule has 0 bridgehead atoms. The van der Waals surface area contributed by atoms with E-state index in [1.807, 2.05) is 24.3 Å². The van der Waals surface area contributed by atoms with Gasteiger partial charge in [0.2, 0.25) is 5.95 Å². The van der Waals surface area contributed by atoms with Crippen molar-refractivity contribution < 1.29 is 17.9 Å². The monoisotopic (exact) mass is 486 g/mol. The number of ether oxygens (including phenoxy) is 1. The molecule has 184 valence electrons. The molecule has 5 rings (SSSR count). The van der Waals surface area contributed by atoms with E-state index in [2.05, 4.69) is 47.7 Å². The molecule has 1 saturated heterocycles. The maximum atomic E-state index is 13.7. The van der Waals surface area contributed by atoms with E-state index < -0.39 is 17.6 Å². The lowest BCUT2D eigenvalue weighted by Gasteiger charge is -2.34. The zero-order valence-electron chi connectivity index (χ0n) is 19.1. The SMILES string of the molecule is CN1CCN(c2cccc(Nc3ncc(C(F)(F)F)c(Nc4ccc5c(n4)NCCO5)n3)c2)CC1. The van der Waals surface area contributed by atoms with Gasteiger partial charge in [-0.05, 0) is 37.4 Å². The van der Waals surface area contributed by atoms with Crippen LogP contribution < -0.4 is 25.6 Å². The molecule has 0 radical (unpaired) electrons. The summed E-state index contributed by atoms with van der Waals surface area (Å²) in [6.45, 7) is 4.79. The van der Waals surface area contributed by atoms with E-state index in [0.717, 1.165) is 38.1 Å². The Morgan fingerprint density at radius 3 is 2.66 bits per heavy atom. The van der Waals surface area contributed by atoms with Crippen LogP contribution in [0.2, 0.25) is 0 Å². The molecule has 0 amide bonds. The second kappa shape index (κ2) is 9.45. The van der Waals surface area contributed by atoms with Crippen LogP contribution in [0.1, 0.15) is 5.56 Å². The van der Waals surface area contributed by atoms with E-state index in [1.54, 1.807) is 12.1 Å². The molecule has 0 saturated carbocycles. The molecule has 2 aliphatic heterocycles. The van der Waals surface area contributed by atoms with E-state index in [9.17, 15) is 13.2 Å². The van der Waals surface area contributed by atoms with E-state index in [0.29, 0.717) is 30.4 Å². The van der Waals surface area contributed by atoms with Gasteiger partial charge in [-0.2, -0.15) is 18.2 Å². The van der Waals surface area contributed by atoms with Gasteiger partial charge in [-0.3, -0.25) is 0 Å². The number of pyridine rings is 1. The molecule has 2 aromatic heterocycles. The smallest absolute Gasteiger partial charge is 0.421 e. The quantitative estimate of drug-likeness (QED) is 0.496. The van der Waals surface area contributed by atoms with Crippen LogP contribution in [0, 0.1) is 0 Å². The number of hydrogen-bond donors (Lipinski definition) is 3. The Morgan fingerprint density at radius 2 is 1.86 bits per heavy atom. The molecule has 3 N–H and O–H groups in total. The average molecular weight is 487 g/mol. The van der Waals surface area contributed by atoms with Gasteiger partial charge in [-0.1, -0.05) is 6.07 Å². The minimum Gasteiger partial charge on any atom is -0.488 e. The third kappa shape index (κ3) is 5.32. The van der Waals surface area contributed by atoms with Gasteiger partial charge in [0.05, 0.1) is 6.54 Å². The molecule has 2 aliphatic rings. The molecule has 1 aromatic carbocycles. The van der Waals surface area contributed by atoms with E-state index >= 15 is 0 Å². The molecular formula is C23H25F3N8O. The highest BCUT2D eigenvalue weighted by molar-refractivity contribution is 5.66. The van der Waals surface area contributed by atoms with Crippen LogP contribution in [0.3, 0.4) is 0 Å². The molecular weight excluding hydrogens is 461 g/mol. The number of alkyl halides is 3. The van der Waals surface area contributed by atoms with Gasteiger partial charge < -0.3 is 30.5 Å². The number of anilines is 6. The molecule has 0 unspecified atom stereocenters. The van der Waals surface area contributed by atoms with Crippen molar-refractivity contribution in [1.29, 1.82) is 0 Å². The molecule has 35 heavy (non-hydrogen) atoms. The fourth-order valence-corrected chi connectivity index (χ4v) is 3.93. The number of nitrogens with one attached hydrogen (secondary N) is 3. The third-order valence-corrected chi connectivity index (χ3v) is 5.82. The number of benzene rings is 1. The predicted octanol–water partition coefficient (Wildman–Crippen LogP) is 3.93. The first-order valence-electron chi connectivity index (χ1n) is 11.2. The van der Waals surface area contributed by atoms with Crippen molar-refractivity contribution in [2.24, 2.45) is 0 Å². The summed E-state index contributed by atoms with van der Waals surface area (Å²) in [5.41, 5.74) is 0.722. The lowest BCUT2D eigenvalue weighted by Crippen LogP contribution is -2.44. The highest BCUT2D eigenvalue weighted by atomic mass is 19.4. The zero-order valence-corrected chi connectivity index (χ0v) is 19.1. The Hall–Kier alpha value is -3.80. The zero-order chi connectivity index (χ0) is 24.4. The highest BCUT2D eigenvalue weighted by Gasteiger charge is 2.35. The molecule has 1 fully saturated rings. The second-order valence-corrected chi connectivity index (χ2v) is 8.36. The molecule has 12 heteroatoms. The second-order valence-electron chi connectivity index (χ2n) is 8.36. The Bertz CT molecular complexity index is 1200. The molecule has 9 nitrogen and oxygen atoms in total. The fraction of sp³-hybridized carbons (Fsp3) is 0.348. The summed E-state index contributed by atoms with van der Waals surface area (Å²) in [4.78, 5) is 16.9. The van der Waals surface area contributed by atoms with Crippen molar-refractivity contribution in [3.05, 3.63) is 48.2 Å². The first kappa shape index (κ1) is 23.0. The van der Waals surface area contributed by atoms with E-state index in [4.69, 9.17) is 4.74 Å². The van der Waals surface area contributed by atoms with Crippen LogP contribution in [0.15, 0.2) is 42.6 Å². The number of halogens is 3. The largest absolute Gasteiger partial charge is 0.488 e. The van der Waals surface area contributed by atoms with Gasteiger partial charge in [-0.25, -0.2) is 9.97 Å². The Kier molecular flexibility index (Phi) is 6.20. The van der Waals surface area contributed by atoms with Crippen molar-refractivity contribution in [3.8, 4) is 5.75 Å². The first-order valence-corrected chi connectivity index (χ1v) is 11.2. The number of fused-ring (bicyclic) bond motifs is 1. The summed E-state index contributed by atoms with van der Waals surface area (Å²) in [6.07, 6.45) is -3.88. The van der Waals surface area contributed by atoms with Crippen molar-refractivity contribution >= 4 is 34.8 Å². The van der Waals surface area contributed by atoms with Crippen LogP contribution in [0.4, 0.5) is 47.9 Å². The fourth-order valence-electron chi connectivity index (χ4n) is 3.93. The van der Waals surface area contributed by atoms with Crippen LogP contribution in [-0.2, 0) is 6.18 Å². The van der Waals surface area contributed by atoms with Crippen LogP contribution in [0.5, 0.6) is 5.75 Å². The van der Waals surface area contributed by atoms with Gasteiger partial charge in [0.15, 0.2) is 11.6 Å². The summed E-state index contributed by atoms with van der Waals surface area (Å²) in [6, 6.07) is 10.9. The summed E-state index contributed by atoms with van der Waals surface area (Å²) >= 11 is 0. The summed E-state index contributed by atoms with van der Waals surface area (Å²) in [5, 5.41) is 8.78. The molecule has 0 spiro atoms. The summed E-state index contributed by atoms with van der Waals surface area (Å²) < 4.78 is 46.5. The lowest BCUT2D eigenvalue weighted by molar-refractivity contribution is -0.137. The number of aromatic nitrogens is 3. The number of piperazine rings is 1. The standard InChI is InChI=1S/C23H25F3N8O/c1-33-8-10-34(11-9-33)16-4-2-3-15(13-16)29-22-28-14-17(23(24,25)26)20(32-22)30-19-6-5-18-21(31-19)27-7-12-35-18/h2-6,13-14H,7-12H2,1H3,(H3,27,28,29,30,31,32). The Balaban J connectivity index is 1.39. The lowest BCUT2D eigenvalue weighted by atomic mass is 10.2. The van der Waals surface area contributed by atoms with Crippen molar-refractivity contribution in [2.75, 3.05) is 67.2 Å². The first-order chi connectivity index (χ1) is 16.8. The minimum atomic E-state index is -4.64. The van der Waals surface area contributed by atoms with Crippen LogP contribution in [0.25, 0.3) is 0 Å². The Labute approximate surface area is 200 Å². The maximum Gasteiger partial charge on any atom is 0.421 e. The summed E-state index contributed by atoms with van der Waals surface area (Å²) in [7, 11) is 2.09. The number of nitrogens with zero attached hydrogens (tertiary/aromatic N) is 5. The van der Waals surface area contributed by atoms with Gasteiger partial charge in [0.1, 0.15) is 23.8 Å². The highest BCUT2D eigenvalue weighted by Crippen LogP contribution is 2.36. The molecule has 0 atom stereocenters. The Morgan fingerprint density at radius 1 is 1.03 bits per heavy atom. The molecule has 0 aliphatic carbocycles. The van der Waals surface area contributed by atoms with Crippen molar-refractivity contribution in [3.63, 3.8) is 0 Å². The van der Waals surface area contributed by atoms with Gasteiger partial charge in [0.25, 0.3) is 0 Å². The normalized spacial score (nSPS) is 16.2. The number of rotatable bonds is 5. The maximum absolute atomic E-state index is 13.7. The third-order valence-electron chi connectivity index (χ3n) is 5.82. The molecule has 4 heterocycles. The van der Waals surface area contributed by atoms with E-state index in [1.165, 1.54) is 0 Å². The van der Waals surface area contributed by atoms with Gasteiger partial charge in [0, 0.05) is 43.8 Å². The predicted molar refractivity (Wildman–Crippen MR) is 128 cm³/mol. The topological polar surface area (TPSA) is 90.5 Å². The minimum absolute atomic E-state index is 0.0374. The number of likely N-dealkylation sites (N-methyl/N-ethyl adjacent to an activating group) is 1. The van der Waals surface area contributed by atoms with Gasteiger partial charge in [-0.15, -0.1) is 0 Å². The van der Waals surface area contributed by atoms with Gasteiger partial charge >= 0.3 is 6.18 Å². The van der Waals surface area contributed by atoms with Crippen molar-refractivity contribution in [1.82, 2.24) is 19.9 Å².